The number of aliphatic hydroxyl groups excluding tert-OH is 1. The van der Waals surface area contributed by atoms with Crippen LogP contribution in [0.5, 0.6) is 0 Å². The number of rotatable bonds is 8. The molecule has 168 valence electrons. The van der Waals surface area contributed by atoms with Gasteiger partial charge in [-0.15, -0.1) is 0 Å². The molecule has 3 heterocycles. The largest absolute Gasteiger partial charge is 0.387 e. The summed E-state index contributed by atoms with van der Waals surface area (Å²) in [6.45, 7) is -0.645. The van der Waals surface area contributed by atoms with Gasteiger partial charge >= 0.3 is 15.2 Å². The van der Waals surface area contributed by atoms with Crippen molar-refractivity contribution >= 4 is 32.3 Å². The molecule has 15 nitrogen and oxygen atoms in total. The van der Waals surface area contributed by atoms with E-state index in [9.17, 15) is 23.9 Å². The van der Waals surface area contributed by atoms with Crippen LogP contribution in [-0.4, -0.2) is 84.3 Å². The number of ether oxygens (including phenoxy) is 2. The number of H-pyrrole nitrogens is 1. The molecule has 1 saturated heterocycles. The van der Waals surface area contributed by atoms with Crippen molar-refractivity contribution in [1.82, 2.24) is 19.5 Å². The Kier molecular flexibility index (Phi) is 6.49. The van der Waals surface area contributed by atoms with Crippen LogP contribution in [0.25, 0.3) is 11.2 Å². The van der Waals surface area contributed by atoms with Crippen LogP contribution in [-0.2, 0) is 23.1 Å². The Bertz CT molecular complexity index is 1070. The molecule has 5 atom stereocenters. The fraction of sp³-hybridized carbons (Fsp3) is 0.615. The molecule has 30 heavy (non-hydrogen) atoms. The molecule has 1 aliphatic heterocycles. The van der Waals surface area contributed by atoms with Crippen LogP contribution >= 0.6 is 15.2 Å². The topological polar surface area (TPSA) is 218 Å². The van der Waals surface area contributed by atoms with E-state index >= 15 is 0 Å². The lowest BCUT2D eigenvalue weighted by Gasteiger charge is -2.19. The van der Waals surface area contributed by atoms with Crippen LogP contribution in [0.3, 0.4) is 0 Å². The third kappa shape index (κ3) is 4.80. The number of aromatic amines is 1. The van der Waals surface area contributed by atoms with Gasteiger partial charge in [0.25, 0.3) is 5.56 Å². The van der Waals surface area contributed by atoms with E-state index in [0.29, 0.717) is 0 Å². The Morgan fingerprint density at radius 2 is 2.07 bits per heavy atom. The van der Waals surface area contributed by atoms with E-state index in [1.807, 2.05) is 0 Å². The molecule has 0 radical (unpaired) electrons. The minimum absolute atomic E-state index is 0.0168. The first-order valence-electron chi connectivity index (χ1n) is 8.47. The summed E-state index contributed by atoms with van der Waals surface area (Å²) in [7, 11) is -6.58. The first-order chi connectivity index (χ1) is 14.0. The molecule has 0 spiro atoms. The highest BCUT2D eigenvalue weighted by Crippen LogP contribution is 2.55. The van der Waals surface area contributed by atoms with Crippen LogP contribution in [0.15, 0.2) is 11.1 Å². The van der Waals surface area contributed by atoms with E-state index in [2.05, 4.69) is 20.3 Å². The summed E-state index contributed by atoms with van der Waals surface area (Å²) in [5, 5.41) is 13.2. The lowest BCUT2D eigenvalue weighted by Crippen LogP contribution is -2.35. The molecule has 0 bridgehead atoms. The molecule has 0 aromatic carbocycles. The zero-order valence-electron chi connectivity index (χ0n) is 15.8. The Labute approximate surface area is 168 Å². The normalized spacial score (nSPS) is 26.7. The summed E-state index contributed by atoms with van der Waals surface area (Å²) in [4.78, 5) is 50.1. The minimum Gasteiger partial charge on any atom is -0.387 e. The second-order valence-electron chi connectivity index (χ2n) is 6.48. The molecule has 0 aliphatic carbocycles. The second kappa shape index (κ2) is 8.46. The molecule has 17 heteroatoms. The SMILES string of the molecule is CNc1nc2c(ncn2[C@@H]2O[C@H](COP(=O)(O)CP(=O)(O)O)[C@@H](O)[C@H]2OC)c(=O)[nH]1. The smallest absolute Gasteiger partial charge is 0.340 e. The average molecular weight is 469 g/mol. The van der Waals surface area contributed by atoms with Gasteiger partial charge in [-0.2, -0.15) is 4.98 Å². The third-order valence-corrected chi connectivity index (χ3v) is 7.79. The first kappa shape index (κ1) is 23.0. The quantitative estimate of drug-likeness (QED) is 0.250. The number of aliphatic hydroxyl groups is 1. The number of nitrogens with one attached hydrogen (secondary N) is 2. The maximum absolute atomic E-state index is 12.1. The van der Waals surface area contributed by atoms with E-state index in [4.69, 9.17) is 23.8 Å². The van der Waals surface area contributed by atoms with Crippen LogP contribution in [0.1, 0.15) is 6.23 Å². The highest BCUT2D eigenvalue weighted by Gasteiger charge is 2.47. The lowest BCUT2D eigenvalue weighted by atomic mass is 10.1. The number of anilines is 1. The number of nitrogens with zero attached hydrogens (tertiary/aromatic N) is 3. The van der Waals surface area contributed by atoms with Gasteiger partial charge in [0, 0.05) is 14.2 Å². The van der Waals surface area contributed by atoms with Gasteiger partial charge in [0.2, 0.25) is 5.95 Å². The fourth-order valence-corrected chi connectivity index (χ4v) is 5.60. The Morgan fingerprint density at radius 3 is 2.67 bits per heavy atom. The van der Waals surface area contributed by atoms with Gasteiger partial charge in [-0.05, 0) is 0 Å². The Hall–Kier alpha value is -1.67. The molecule has 3 rings (SSSR count). The number of aromatic nitrogens is 4. The molecule has 0 saturated carbocycles. The summed E-state index contributed by atoms with van der Waals surface area (Å²) in [6.07, 6.45) is -3.26. The zero-order chi connectivity index (χ0) is 22.3. The predicted molar refractivity (Wildman–Crippen MR) is 101 cm³/mol. The Morgan fingerprint density at radius 1 is 1.37 bits per heavy atom. The van der Waals surface area contributed by atoms with Crippen LogP contribution in [0, 0.1) is 0 Å². The molecular formula is C13H21N5O10P2. The third-order valence-electron chi connectivity index (χ3n) is 4.33. The summed E-state index contributed by atoms with van der Waals surface area (Å²) in [5.41, 5.74) is -0.351. The monoisotopic (exact) mass is 469 g/mol. The highest BCUT2D eigenvalue weighted by atomic mass is 31.2. The summed E-state index contributed by atoms with van der Waals surface area (Å²) < 4.78 is 39.8. The zero-order valence-corrected chi connectivity index (χ0v) is 17.6. The van der Waals surface area contributed by atoms with Crippen molar-refractivity contribution in [1.29, 1.82) is 0 Å². The van der Waals surface area contributed by atoms with Crippen molar-refractivity contribution in [3.63, 3.8) is 0 Å². The van der Waals surface area contributed by atoms with E-state index in [1.165, 1.54) is 18.0 Å². The first-order valence-corrected chi connectivity index (χ1v) is 12.0. The molecular weight excluding hydrogens is 448 g/mol. The number of hydrogen-bond donors (Lipinski definition) is 6. The molecule has 0 amide bonds. The lowest BCUT2D eigenvalue weighted by molar-refractivity contribution is -0.0565. The Balaban J connectivity index is 1.85. The molecule has 6 N–H and O–H groups in total. The van der Waals surface area contributed by atoms with E-state index in [0.717, 1.165) is 0 Å². The van der Waals surface area contributed by atoms with E-state index in [1.54, 1.807) is 7.05 Å². The van der Waals surface area contributed by atoms with Crippen molar-refractivity contribution in [2.75, 3.05) is 32.0 Å². The number of fused-ring (bicyclic) bond motifs is 1. The van der Waals surface area contributed by atoms with Gasteiger partial charge in [0.15, 0.2) is 23.3 Å². The van der Waals surface area contributed by atoms with Crippen molar-refractivity contribution in [3.05, 3.63) is 16.7 Å². The number of methoxy groups -OCH3 is 1. The van der Waals surface area contributed by atoms with E-state index < -0.39 is 57.8 Å². The van der Waals surface area contributed by atoms with Crippen LogP contribution in [0.2, 0.25) is 0 Å². The van der Waals surface area contributed by atoms with Crippen molar-refractivity contribution < 1.29 is 42.9 Å². The summed E-state index contributed by atoms with van der Waals surface area (Å²) >= 11 is 0. The maximum atomic E-state index is 12.1. The maximum Gasteiger partial charge on any atom is 0.340 e. The summed E-state index contributed by atoms with van der Waals surface area (Å²) in [6, 6.07) is 0. The fourth-order valence-electron chi connectivity index (χ4n) is 3.03. The molecule has 2 aromatic rings. The van der Waals surface area contributed by atoms with Crippen LogP contribution < -0.4 is 10.9 Å². The highest BCUT2D eigenvalue weighted by molar-refractivity contribution is 7.70. The van der Waals surface area contributed by atoms with Gasteiger partial charge in [-0.3, -0.25) is 23.5 Å². The number of hydrogen-bond acceptors (Lipinski definition) is 10. The van der Waals surface area contributed by atoms with Gasteiger partial charge in [0.05, 0.1) is 12.9 Å². The predicted octanol–water partition coefficient (Wildman–Crippen LogP) is -1.23. The standard InChI is InChI=1S/C13H21N5O10P2/c1-14-13-16-10-7(11(20)17-13)15-4-18(10)12-9(26-2)8(19)6(28-12)3-27-30(24,25)5-29(21,22)23/h4,6,8-9,12,19H,3,5H2,1-2H3,(H,24,25)(H2,21,22,23)(H2,14,16,17,20)/t6-,8-,9-,12-/m1/s1. The van der Waals surface area contributed by atoms with Crippen molar-refractivity contribution in [2.45, 2.75) is 24.5 Å². The van der Waals surface area contributed by atoms with E-state index in [-0.39, 0.29) is 17.1 Å². The van der Waals surface area contributed by atoms with Gasteiger partial charge in [0.1, 0.15) is 18.3 Å². The van der Waals surface area contributed by atoms with Gasteiger partial charge < -0.3 is 39.1 Å². The van der Waals surface area contributed by atoms with Gasteiger partial charge in [-0.1, -0.05) is 0 Å². The number of imidazole rings is 1. The molecule has 1 fully saturated rings. The van der Waals surface area contributed by atoms with Gasteiger partial charge in [-0.25, -0.2) is 4.98 Å². The molecule has 2 aromatic heterocycles. The van der Waals surface area contributed by atoms with Crippen molar-refractivity contribution in [3.8, 4) is 0 Å². The van der Waals surface area contributed by atoms with Crippen molar-refractivity contribution in [2.24, 2.45) is 0 Å². The molecule has 1 unspecified atom stereocenters. The average Bonchev–Trinajstić information content (AvgIpc) is 3.18. The summed E-state index contributed by atoms with van der Waals surface area (Å²) in [5.74, 6) is -1.20. The van der Waals surface area contributed by atoms with Crippen LogP contribution in [0.4, 0.5) is 5.95 Å². The second-order valence-corrected chi connectivity index (χ2v) is 10.5. The molecule has 1 aliphatic rings. The minimum atomic E-state index is -4.80.